The molecule has 0 aliphatic carbocycles. The number of carboxylic acid groups (broad SMARTS) is 1. The van der Waals surface area contributed by atoms with Crippen molar-refractivity contribution in [1.29, 1.82) is 5.26 Å². The molecule has 0 bridgehead atoms. The number of rotatable bonds is 6. The Morgan fingerprint density at radius 1 is 1.42 bits per heavy atom. The maximum atomic E-state index is 11.1. The zero-order valence-corrected chi connectivity index (χ0v) is 14.0. The summed E-state index contributed by atoms with van der Waals surface area (Å²) in [4.78, 5) is 17.2. The molecule has 1 unspecified atom stereocenters. The van der Waals surface area contributed by atoms with E-state index in [1.54, 1.807) is 31.0 Å². The van der Waals surface area contributed by atoms with E-state index in [-0.39, 0.29) is 6.54 Å². The Kier molecular flexibility index (Phi) is 5.09. The van der Waals surface area contributed by atoms with E-state index in [2.05, 4.69) is 11.1 Å². The lowest BCUT2D eigenvalue weighted by atomic mass is 10.1. The van der Waals surface area contributed by atoms with Gasteiger partial charge in [0.15, 0.2) is 0 Å². The molecule has 2 aromatic rings. The van der Waals surface area contributed by atoms with Gasteiger partial charge in [0, 0.05) is 31.2 Å². The zero-order chi connectivity index (χ0) is 17.9. The fourth-order valence-electron chi connectivity index (χ4n) is 2.58. The quantitative estimate of drug-likeness (QED) is 0.868. The van der Waals surface area contributed by atoms with Crippen LogP contribution in [0.1, 0.15) is 12.5 Å². The molecule has 1 aromatic carbocycles. The lowest BCUT2D eigenvalue weighted by Gasteiger charge is -2.24. The van der Waals surface area contributed by atoms with Gasteiger partial charge in [0.2, 0.25) is 0 Å². The molecule has 0 saturated heterocycles. The van der Waals surface area contributed by atoms with Crippen LogP contribution in [0, 0.1) is 17.2 Å². The molecule has 0 spiro atoms. The number of anilines is 1. The number of nitriles is 1. The Morgan fingerprint density at radius 3 is 2.67 bits per heavy atom. The van der Waals surface area contributed by atoms with Crippen molar-refractivity contribution in [3.63, 3.8) is 0 Å². The normalized spacial score (nSPS) is 11.6. The highest BCUT2D eigenvalue weighted by Gasteiger charge is 2.20. The molecule has 1 atom stereocenters. The van der Waals surface area contributed by atoms with E-state index in [1.165, 1.54) is 20.4 Å². The summed E-state index contributed by atoms with van der Waals surface area (Å²) in [5.74, 6) is -0.391. The highest BCUT2D eigenvalue weighted by atomic mass is 16.5. The fraction of sp³-hybridized carbons (Fsp3) is 0.353. The van der Waals surface area contributed by atoms with Crippen molar-refractivity contribution in [1.82, 2.24) is 4.98 Å². The van der Waals surface area contributed by atoms with Crippen molar-refractivity contribution in [2.75, 3.05) is 32.7 Å². The first-order valence-corrected chi connectivity index (χ1v) is 7.31. The Morgan fingerprint density at radius 2 is 2.12 bits per heavy atom. The molecule has 0 fully saturated rings. The largest absolute Gasteiger partial charge is 0.497 e. The average molecular weight is 329 g/mol. The molecule has 7 nitrogen and oxygen atoms in total. The van der Waals surface area contributed by atoms with Crippen LogP contribution >= 0.6 is 0 Å². The van der Waals surface area contributed by atoms with Crippen LogP contribution in [0.25, 0.3) is 10.9 Å². The van der Waals surface area contributed by atoms with Gasteiger partial charge in [-0.3, -0.25) is 9.78 Å². The number of carboxylic acids is 1. The first kappa shape index (κ1) is 17.3. The van der Waals surface area contributed by atoms with Crippen LogP contribution in [0.4, 0.5) is 5.69 Å². The Labute approximate surface area is 140 Å². The summed E-state index contributed by atoms with van der Waals surface area (Å²) in [5, 5.41) is 19.2. The van der Waals surface area contributed by atoms with E-state index < -0.39 is 11.9 Å². The van der Waals surface area contributed by atoms with Gasteiger partial charge >= 0.3 is 5.97 Å². The van der Waals surface area contributed by atoms with Gasteiger partial charge in [0.05, 0.1) is 31.4 Å². The first-order valence-electron chi connectivity index (χ1n) is 7.31. The number of benzene rings is 1. The van der Waals surface area contributed by atoms with Crippen molar-refractivity contribution >= 4 is 22.6 Å². The predicted octanol–water partition coefficient (Wildman–Crippen LogP) is 2.28. The predicted molar refractivity (Wildman–Crippen MR) is 89.6 cm³/mol. The number of hydrogen-bond donors (Lipinski definition) is 1. The highest BCUT2D eigenvalue weighted by Crippen LogP contribution is 2.37. The van der Waals surface area contributed by atoms with Crippen LogP contribution in [0.15, 0.2) is 18.3 Å². The van der Waals surface area contributed by atoms with Gasteiger partial charge in [-0.1, -0.05) is 6.92 Å². The maximum Gasteiger partial charge on any atom is 0.308 e. The number of aromatic nitrogens is 1. The van der Waals surface area contributed by atoms with Crippen molar-refractivity contribution in [3.05, 3.63) is 23.9 Å². The molecule has 1 heterocycles. The number of carbonyl (C=O) groups is 1. The summed E-state index contributed by atoms with van der Waals surface area (Å²) < 4.78 is 10.6. The summed E-state index contributed by atoms with van der Waals surface area (Å²) in [6, 6.07) is 5.59. The van der Waals surface area contributed by atoms with E-state index >= 15 is 0 Å². The number of ether oxygens (including phenoxy) is 2. The third kappa shape index (κ3) is 3.18. The smallest absolute Gasteiger partial charge is 0.308 e. The second-order valence-electron chi connectivity index (χ2n) is 5.48. The maximum absolute atomic E-state index is 11.1. The van der Waals surface area contributed by atoms with Crippen molar-refractivity contribution in [2.45, 2.75) is 6.92 Å². The van der Waals surface area contributed by atoms with Crippen LogP contribution in [-0.4, -0.2) is 43.9 Å². The monoisotopic (exact) mass is 329 g/mol. The molecule has 7 heteroatoms. The summed E-state index contributed by atoms with van der Waals surface area (Å²) in [6.45, 7) is 1.87. The second kappa shape index (κ2) is 7.04. The van der Waals surface area contributed by atoms with E-state index in [0.717, 1.165) is 0 Å². The van der Waals surface area contributed by atoms with E-state index in [0.29, 0.717) is 33.7 Å². The highest BCUT2D eigenvalue weighted by molar-refractivity contribution is 5.98. The fourth-order valence-corrected chi connectivity index (χ4v) is 2.58. The minimum Gasteiger partial charge on any atom is -0.497 e. The Hall–Kier alpha value is -3.01. The molecule has 0 saturated carbocycles. The van der Waals surface area contributed by atoms with Crippen LogP contribution < -0.4 is 14.4 Å². The Balaban J connectivity index is 2.69. The van der Waals surface area contributed by atoms with Crippen LogP contribution in [0.5, 0.6) is 11.5 Å². The van der Waals surface area contributed by atoms with Crippen LogP contribution in [-0.2, 0) is 4.79 Å². The molecule has 24 heavy (non-hydrogen) atoms. The van der Waals surface area contributed by atoms with Gasteiger partial charge in [-0.05, 0) is 6.07 Å². The van der Waals surface area contributed by atoms with Crippen molar-refractivity contribution < 1.29 is 19.4 Å². The summed E-state index contributed by atoms with van der Waals surface area (Å²) in [7, 11) is 4.82. The molecule has 0 amide bonds. The van der Waals surface area contributed by atoms with Gasteiger partial charge in [-0.15, -0.1) is 0 Å². The third-order valence-corrected chi connectivity index (χ3v) is 3.81. The number of pyridine rings is 1. The van der Waals surface area contributed by atoms with Crippen molar-refractivity contribution in [3.8, 4) is 17.6 Å². The van der Waals surface area contributed by atoms with Gasteiger partial charge in [0.25, 0.3) is 0 Å². The van der Waals surface area contributed by atoms with Crippen LogP contribution in [0.3, 0.4) is 0 Å². The number of hydrogen-bond acceptors (Lipinski definition) is 6. The molecular weight excluding hydrogens is 310 g/mol. The summed E-state index contributed by atoms with van der Waals surface area (Å²) >= 11 is 0. The molecule has 126 valence electrons. The molecule has 1 N–H and O–H groups in total. The van der Waals surface area contributed by atoms with E-state index in [9.17, 15) is 10.1 Å². The second-order valence-corrected chi connectivity index (χ2v) is 5.48. The summed E-state index contributed by atoms with van der Waals surface area (Å²) in [6.07, 6.45) is 1.47. The standard InChI is InChI=1S/C17H19N3O4/c1-10(17(21)22)9-20(2)16-11(7-18)8-19-15-13(16)5-12(23-3)6-14(15)24-4/h5-6,8,10H,9H2,1-4H3,(H,21,22). The van der Waals surface area contributed by atoms with Crippen molar-refractivity contribution in [2.24, 2.45) is 5.92 Å². The minimum atomic E-state index is -0.895. The number of nitrogens with zero attached hydrogens (tertiary/aromatic N) is 3. The third-order valence-electron chi connectivity index (χ3n) is 3.81. The Bertz CT molecular complexity index is 814. The number of fused-ring (bicyclic) bond motifs is 1. The van der Waals surface area contributed by atoms with Gasteiger partial charge in [0.1, 0.15) is 23.1 Å². The molecular formula is C17H19N3O4. The van der Waals surface area contributed by atoms with Gasteiger partial charge in [-0.2, -0.15) is 5.26 Å². The average Bonchev–Trinajstić information content (AvgIpc) is 2.58. The summed E-state index contributed by atoms with van der Waals surface area (Å²) in [5.41, 5.74) is 1.55. The van der Waals surface area contributed by atoms with Crippen LogP contribution in [0.2, 0.25) is 0 Å². The number of aliphatic carboxylic acids is 1. The topological polar surface area (TPSA) is 95.7 Å². The molecule has 1 aromatic heterocycles. The zero-order valence-electron chi connectivity index (χ0n) is 14.0. The van der Waals surface area contributed by atoms with E-state index in [1.807, 2.05) is 0 Å². The molecule has 2 rings (SSSR count). The minimum absolute atomic E-state index is 0.253. The van der Waals surface area contributed by atoms with E-state index in [4.69, 9.17) is 14.6 Å². The molecule has 0 radical (unpaired) electrons. The first-order chi connectivity index (χ1) is 11.4. The lowest BCUT2D eigenvalue weighted by molar-refractivity contribution is -0.140. The van der Waals surface area contributed by atoms with Gasteiger partial charge in [-0.25, -0.2) is 0 Å². The lowest BCUT2D eigenvalue weighted by Crippen LogP contribution is -2.29. The number of methoxy groups -OCH3 is 2. The molecule has 0 aliphatic rings. The molecule has 0 aliphatic heterocycles. The van der Waals surface area contributed by atoms with Gasteiger partial charge < -0.3 is 19.5 Å². The SMILES string of the molecule is COc1cc(OC)c2ncc(C#N)c(N(C)CC(C)C(=O)O)c2c1.